The zero-order chi connectivity index (χ0) is 15.5. The third-order valence-electron chi connectivity index (χ3n) is 5.08. The van der Waals surface area contributed by atoms with Crippen LogP contribution in [0.5, 0.6) is 0 Å². The van der Waals surface area contributed by atoms with Crippen LogP contribution in [0.2, 0.25) is 0 Å². The highest BCUT2D eigenvalue weighted by atomic mass is 35.5. The average Bonchev–Trinajstić information content (AvgIpc) is 3.04. The number of carbonyl (C=O) groups is 1. The molecule has 0 spiro atoms. The molecular weight excluding hydrogens is 312 g/mol. The molecule has 2 atom stereocenters. The van der Waals surface area contributed by atoms with Crippen LogP contribution in [-0.2, 0) is 9.53 Å². The summed E-state index contributed by atoms with van der Waals surface area (Å²) in [6.45, 7) is 4.36. The van der Waals surface area contributed by atoms with Gasteiger partial charge < -0.3 is 15.4 Å². The van der Waals surface area contributed by atoms with Gasteiger partial charge in [0.05, 0.1) is 6.10 Å². The van der Waals surface area contributed by atoms with Gasteiger partial charge in [0.1, 0.15) is 6.10 Å². The molecule has 2 saturated heterocycles. The molecule has 128 valence electrons. The van der Waals surface area contributed by atoms with Crippen molar-refractivity contribution in [3.8, 4) is 0 Å². The number of ether oxygens (including phenoxy) is 1. The third-order valence-corrected chi connectivity index (χ3v) is 5.08. The Labute approximate surface area is 144 Å². The van der Waals surface area contributed by atoms with Crippen molar-refractivity contribution in [2.45, 2.75) is 50.7 Å². The topological polar surface area (TPSA) is 55.6 Å². The summed E-state index contributed by atoms with van der Waals surface area (Å²) < 4.78 is 5.74. The van der Waals surface area contributed by atoms with E-state index in [-0.39, 0.29) is 30.5 Å². The first kappa shape index (κ1) is 18.2. The number of halogens is 1. The van der Waals surface area contributed by atoms with Crippen molar-refractivity contribution >= 4 is 18.3 Å². The molecule has 0 aliphatic carbocycles. The molecule has 1 amide bonds. The van der Waals surface area contributed by atoms with Crippen LogP contribution in [0, 0.1) is 6.92 Å². The molecule has 2 heterocycles. The molecule has 2 fully saturated rings. The lowest BCUT2D eigenvalue weighted by Gasteiger charge is -2.34. The highest BCUT2D eigenvalue weighted by molar-refractivity contribution is 5.85. The van der Waals surface area contributed by atoms with Gasteiger partial charge in [-0.25, -0.2) is 0 Å². The van der Waals surface area contributed by atoms with Crippen molar-refractivity contribution in [1.82, 2.24) is 4.90 Å². The van der Waals surface area contributed by atoms with Gasteiger partial charge in [0.25, 0.3) is 5.91 Å². The van der Waals surface area contributed by atoms with E-state index in [1.54, 1.807) is 0 Å². The standard InChI is InChI=1S/C18H26N2O2.ClH/c1-13-4-2-3-5-16(13)14-8-10-20(11-9-14)18(21)17-7-6-15(12-19)22-17;/h2-5,14-15,17H,6-12,19H2,1H3;1H/t15-,17+;/m1./s1. The largest absolute Gasteiger partial charge is 0.364 e. The highest BCUT2D eigenvalue weighted by Crippen LogP contribution is 2.31. The fraction of sp³-hybridized carbons (Fsp3) is 0.611. The number of piperidine rings is 1. The predicted molar refractivity (Wildman–Crippen MR) is 93.9 cm³/mol. The molecule has 1 aromatic rings. The van der Waals surface area contributed by atoms with Crippen LogP contribution in [0.25, 0.3) is 0 Å². The Hall–Kier alpha value is -1.10. The number of aryl methyl sites for hydroxylation is 1. The van der Waals surface area contributed by atoms with E-state index >= 15 is 0 Å². The van der Waals surface area contributed by atoms with Crippen LogP contribution in [0.4, 0.5) is 0 Å². The van der Waals surface area contributed by atoms with Gasteiger partial charge in [0, 0.05) is 19.6 Å². The van der Waals surface area contributed by atoms with E-state index in [1.807, 2.05) is 4.90 Å². The summed E-state index contributed by atoms with van der Waals surface area (Å²) in [5.41, 5.74) is 8.42. The molecular formula is C18H27ClN2O2. The maximum atomic E-state index is 12.5. The molecule has 23 heavy (non-hydrogen) atoms. The summed E-state index contributed by atoms with van der Waals surface area (Å²) in [5, 5.41) is 0. The van der Waals surface area contributed by atoms with Gasteiger partial charge in [-0.2, -0.15) is 0 Å². The Balaban J connectivity index is 0.00000192. The van der Waals surface area contributed by atoms with Gasteiger partial charge in [-0.3, -0.25) is 4.79 Å². The number of benzene rings is 1. The molecule has 2 aliphatic rings. The van der Waals surface area contributed by atoms with Crippen molar-refractivity contribution in [1.29, 1.82) is 0 Å². The number of amides is 1. The van der Waals surface area contributed by atoms with E-state index in [9.17, 15) is 4.79 Å². The SMILES string of the molecule is Cc1ccccc1C1CCN(C(=O)[C@@H]2CC[C@H](CN)O2)CC1.Cl. The minimum Gasteiger partial charge on any atom is -0.364 e. The Bertz CT molecular complexity index is 530. The van der Waals surface area contributed by atoms with Crippen molar-refractivity contribution in [2.75, 3.05) is 19.6 Å². The second kappa shape index (κ2) is 8.13. The summed E-state index contributed by atoms with van der Waals surface area (Å²) in [7, 11) is 0. The van der Waals surface area contributed by atoms with Gasteiger partial charge in [-0.15, -0.1) is 12.4 Å². The van der Waals surface area contributed by atoms with Gasteiger partial charge in [-0.05, 0) is 49.7 Å². The van der Waals surface area contributed by atoms with E-state index in [2.05, 4.69) is 31.2 Å². The summed E-state index contributed by atoms with van der Waals surface area (Å²) in [6.07, 6.45) is 3.63. The number of nitrogens with zero attached hydrogens (tertiary/aromatic N) is 1. The first-order valence-electron chi connectivity index (χ1n) is 8.39. The van der Waals surface area contributed by atoms with E-state index in [0.717, 1.165) is 38.8 Å². The first-order valence-corrected chi connectivity index (χ1v) is 8.39. The van der Waals surface area contributed by atoms with E-state index in [4.69, 9.17) is 10.5 Å². The van der Waals surface area contributed by atoms with Crippen molar-refractivity contribution in [2.24, 2.45) is 5.73 Å². The lowest BCUT2D eigenvalue weighted by atomic mass is 9.87. The Morgan fingerprint density at radius 3 is 2.52 bits per heavy atom. The molecule has 1 aromatic carbocycles. The van der Waals surface area contributed by atoms with Crippen molar-refractivity contribution in [3.05, 3.63) is 35.4 Å². The first-order chi connectivity index (χ1) is 10.7. The number of hydrogen-bond acceptors (Lipinski definition) is 3. The summed E-state index contributed by atoms with van der Waals surface area (Å²) in [4.78, 5) is 14.5. The van der Waals surface area contributed by atoms with Crippen molar-refractivity contribution < 1.29 is 9.53 Å². The van der Waals surface area contributed by atoms with Crippen LogP contribution in [0.3, 0.4) is 0 Å². The quantitative estimate of drug-likeness (QED) is 0.921. The second-order valence-electron chi connectivity index (χ2n) is 6.52. The monoisotopic (exact) mass is 338 g/mol. The van der Waals surface area contributed by atoms with Crippen LogP contribution in [-0.4, -0.2) is 42.6 Å². The van der Waals surface area contributed by atoms with Crippen LogP contribution >= 0.6 is 12.4 Å². The molecule has 3 rings (SSSR count). The molecule has 0 bridgehead atoms. The number of rotatable bonds is 3. The van der Waals surface area contributed by atoms with Crippen LogP contribution < -0.4 is 5.73 Å². The molecule has 2 N–H and O–H groups in total. The molecule has 0 unspecified atom stereocenters. The normalized spacial score (nSPS) is 25.2. The predicted octanol–water partition coefficient (Wildman–Crippen LogP) is 2.63. The summed E-state index contributed by atoms with van der Waals surface area (Å²) >= 11 is 0. The molecule has 2 aliphatic heterocycles. The minimum atomic E-state index is -0.261. The number of carbonyl (C=O) groups excluding carboxylic acids is 1. The fourth-order valence-electron chi connectivity index (χ4n) is 3.72. The molecule has 0 radical (unpaired) electrons. The third kappa shape index (κ3) is 4.06. The van der Waals surface area contributed by atoms with E-state index < -0.39 is 0 Å². The lowest BCUT2D eigenvalue weighted by Crippen LogP contribution is -2.43. The Kier molecular flexibility index (Phi) is 6.45. The van der Waals surface area contributed by atoms with E-state index in [1.165, 1.54) is 11.1 Å². The van der Waals surface area contributed by atoms with Gasteiger partial charge >= 0.3 is 0 Å². The number of hydrogen-bond donors (Lipinski definition) is 1. The zero-order valence-electron chi connectivity index (χ0n) is 13.7. The zero-order valence-corrected chi connectivity index (χ0v) is 14.6. The Morgan fingerprint density at radius 1 is 1.22 bits per heavy atom. The second-order valence-corrected chi connectivity index (χ2v) is 6.52. The molecule has 4 nitrogen and oxygen atoms in total. The summed E-state index contributed by atoms with van der Waals surface area (Å²) in [5.74, 6) is 0.741. The van der Waals surface area contributed by atoms with E-state index in [0.29, 0.717) is 12.5 Å². The average molecular weight is 339 g/mol. The summed E-state index contributed by atoms with van der Waals surface area (Å²) in [6, 6.07) is 8.59. The molecule has 5 heteroatoms. The van der Waals surface area contributed by atoms with Gasteiger partial charge in [0.2, 0.25) is 0 Å². The molecule has 0 saturated carbocycles. The number of nitrogens with two attached hydrogens (primary N) is 1. The number of likely N-dealkylation sites (tertiary alicyclic amines) is 1. The van der Waals surface area contributed by atoms with Gasteiger partial charge in [-0.1, -0.05) is 24.3 Å². The van der Waals surface area contributed by atoms with Crippen molar-refractivity contribution in [3.63, 3.8) is 0 Å². The van der Waals surface area contributed by atoms with Gasteiger partial charge in [0.15, 0.2) is 0 Å². The maximum absolute atomic E-state index is 12.5. The van der Waals surface area contributed by atoms with Crippen LogP contribution in [0.15, 0.2) is 24.3 Å². The lowest BCUT2D eigenvalue weighted by molar-refractivity contribution is -0.143. The highest BCUT2D eigenvalue weighted by Gasteiger charge is 2.34. The Morgan fingerprint density at radius 2 is 1.91 bits per heavy atom. The molecule has 0 aromatic heterocycles. The van der Waals surface area contributed by atoms with Crippen LogP contribution in [0.1, 0.15) is 42.7 Å². The smallest absolute Gasteiger partial charge is 0.251 e. The fourth-order valence-corrected chi connectivity index (χ4v) is 3.72. The minimum absolute atomic E-state index is 0. The maximum Gasteiger partial charge on any atom is 0.251 e.